The normalized spacial score (nSPS) is 10.6. The van der Waals surface area contributed by atoms with Gasteiger partial charge in [-0.1, -0.05) is 18.5 Å². The molecule has 1 aromatic carbocycles. The zero-order valence-corrected chi connectivity index (χ0v) is 11.1. The first kappa shape index (κ1) is 12.9. The Hall–Kier alpha value is -1.52. The van der Waals surface area contributed by atoms with Crippen molar-refractivity contribution in [2.45, 2.75) is 13.5 Å². The quantitative estimate of drug-likeness (QED) is 0.903. The Labute approximate surface area is 111 Å². The highest BCUT2D eigenvalue weighted by Crippen LogP contribution is 2.32. The maximum absolute atomic E-state index is 5.92. The first-order valence-corrected chi connectivity index (χ1v) is 6.11. The summed E-state index contributed by atoms with van der Waals surface area (Å²) in [7, 11) is 1.60. The van der Waals surface area contributed by atoms with Crippen molar-refractivity contribution in [2.24, 2.45) is 0 Å². The number of rotatable bonds is 5. The minimum atomic E-state index is 0.617. The van der Waals surface area contributed by atoms with Crippen molar-refractivity contribution in [3.63, 3.8) is 0 Å². The third-order valence-electron chi connectivity index (χ3n) is 2.51. The summed E-state index contributed by atoms with van der Waals surface area (Å²) in [4.78, 5) is 4.21. The second kappa shape index (κ2) is 5.89. The summed E-state index contributed by atoms with van der Waals surface area (Å²) in [6.07, 6.45) is 1.69. The van der Waals surface area contributed by atoms with Crippen LogP contribution in [0.25, 0.3) is 11.3 Å². The molecule has 5 heteroatoms. The van der Waals surface area contributed by atoms with E-state index in [0.717, 1.165) is 12.1 Å². The van der Waals surface area contributed by atoms with E-state index in [0.29, 0.717) is 29.0 Å². The van der Waals surface area contributed by atoms with E-state index >= 15 is 0 Å². The molecule has 0 saturated heterocycles. The molecule has 0 aliphatic carbocycles. The highest BCUT2D eigenvalue weighted by molar-refractivity contribution is 6.30. The van der Waals surface area contributed by atoms with E-state index in [2.05, 4.69) is 10.3 Å². The van der Waals surface area contributed by atoms with Crippen LogP contribution in [0.15, 0.2) is 28.8 Å². The van der Waals surface area contributed by atoms with Crippen LogP contribution in [0.2, 0.25) is 5.02 Å². The standard InChI is InChI=1S/C13H15ClN2O2/c1-3-15-8-13-16-7-12(18-13)10-5-4-9(14)6-11(10)17-2/h4-7,15H,3,8H2,1-2H3. The molecule has 0 spiro atoms. The van der Waals surface area contributed by atoms with Gasteiger partial charge in [0.25, 0.3) is 0 Å². The fourth-order valence-electron chi connectivity index (χ4n) is 1.62. The molecule has 1 aromatic heterocycles. The van der Waals surface area contributed by atoms with Gasteiger partial charge in [-0.15, -0.1) is 0 Å². The smallest absolute Gasteiger partial charge is 0.208 e. The van der Waals surface area contributed by atoms with Gasteiger partial charge in [-0.3, -0.25) is 0 Å². The average molecular weight is 267 g/mol. The highest BCUT2D eigenvalue weighted by Gasteiger charge is 2.11. The van der Waals surface area contributed by atoms with Gasteiger partial charge in [0, 0.05) is 5.02 Å². The average Bonchev–Trinajstić information content (AvgIpc) is 2.84. The number of ether oxygens (including phenoxy) is 1. The summed E-state index contributed by atoms with van der Waals surface area (Å²) in [6.45, 7) is 3.53. The number of methoxy groups -OCH3 is 1. The third-order valence-corrected chi connectivity index (χ3v) is 2.74. The van der Waals surface area contributed by atoms with Crippen molar-refractivity contribution in [1.29, 1.82) is 0 Å². The van der Waals surface area contributed by atoms with E-state index in [-0.39, 0.29) is 0 Å². The lowest BCUT2D eigenvalue weighted by molar-refractivity contribution is 0.413. The first-order chi connectivity index (χ1) is 8.74. The summed E-state index contributed by atoms with van der Waals surface area (Å²) in [5.74, 6) is 2.01. The molecule has 2 aromatic rings. The largest absolute Gasteiger partial charge is 0.496 e. The molecule has 0 saturated carbocycles. The van der Waals surface area contributed by atoms with Crippen LogP contribution in [-0.2, 0) is 6.54 Å². The maximum Gasteiger partial charge on any atom is 0.208 e. The van der Waals surface area contributed by atoms with Crippen molar-refractivity contribution in [2.75, 3.05) is 13.7 Å². The first-order valence-electron chi connectivity index (χ1n) is 5.74. The molecule has 0 radical (unpaired) electrons. The van der Waals surface area contributed by atoms with Crippen LogP contribution in [0.4, 0.5) is 0 Å². The number of benzene rings is 1. The van der Waals surface area contributed by atoms with Crippen molar-refractivity contribution in [3.8, 4) is 17.1 Å². The van der Waals surface area contributed by atoms with Crippen LogP contribution < -0.4 is 10.1 Å². The summed E-state index contributed by atoms with van der Waals surface area (Å²) in [6, 6.07) is 5.41. The minimum absolute atomic E-state index is 0.617. The molecular weight excluding hydrogens is 252 g/mol. The Kier molecular flexibility index (Phi) is 4.23. The van der Waals surface area contributed by atoms with Gasteiger partial charge in [0.05, 0.1) is 25.4 Å². The SMILES string of the molecule is CCNCc1ncc(-c2ccc(Cl)cc2OC)o1. The summed E-state index contributed by atoms with van der Waals surface area (Å²) >= 11 is 5.92. The second-order valence-corrected chi connectivity index (χ2v) is 4.18. The van der Waals surface area contributed by atoms with Gasteiger partial charge in [0.15, 0.2) is 5.76 Å². The molecule has 0 unspecified atom stereocenters. The van der Waals surface area contributed by atoms with E-state index in [9.17, 15) is 0 Å². The molecule has 0 aliphatic heterocycles. The van der Waals surface area contributed by atoms with E-state index < -0.39 is 0 Å². The number of hydrogen-bond acceptors (Lipinski definition) is 4. The van der Waals surface area contributed by atoms with E-state index in [1.165, 1.54) is 0 Å². The zero-order chi connectivity index (χ0) is 13.0. The molecule has 18 heavy (non-hydrogen) atoms. The molecule has 0 aliphatic rings. The summed E-state index contributed by atoms with van der Waals surface area (Å²) < 4.78 is 10.9. The van der Waals surface area contributed by atoms with Crippen LogP contribution in [0.1, 0.15) is 12.8 Å². The Balaban J connectivity index is 2.28. The summed E-state index contributed by atoms with van der Waals surface area (Å²) in [5, 5.41) is 3.79. The maximum atomic E-state index is 5.92. The van der Waals surface area contributed by atoms with Gasteiger partial charge in [0.2, 0.25) is 5.89 Å². The lowest BCUT2D eigenvalue weighted by atomic mass is 10.1. The number of nitrogens with one attached hydrogen (secondary N) is 1. The fourth-order valence-corrected chi connectivity index (χ4v) is 1.78. The predicted molar refractivity (Wildman–Crippen MR) is 70.9 cm³/mol. The molecule has 0 atom stereocenters. The van der Waals surface area contributed by atoms with Crippen LogP contribution >= 0.6 is 11.6 Å². The van der Waals surface area contributed by atoms with Gasteiger partial charge in [-0.05, 0) is 24.7 Å². The van der Waals surface area contributed by atoms with Gasteiger partial charge < -0.3 is 14.5 Å². The Morgan fingerprint density at radius 1 is 1.44 bits per heavy atom. The highest BCUT2D eigenvalue weighted by atomic mass is 35.5. The number of nitrogens with zero attached hydrogens (tertiary/aromatic N) is 1. The van der Waals surface area contributed by atoms with Crippen LogP contribution in [0.5, 0.6) is 5.75 Å². The van der Waals surface area contributed by atoms with Gasteiger partial charge in [-0.25, -0.2) is 4.98 Å². The fraction of sp³-hybridized carbons (Fsp3) is 0.308. The van der Waals surface area contributed by atoms with Crippen molar-refractivity contribution < 1.29 is 9.15 Å². The zero-order valence-electron chi connectivity index (χ0n) is 10.4. The van der Waals surface area contributed by atoms with E-state index in [1.807, 2.05) is 13.0 Å². The van der Waals surface area contributed by atoms with E-state index in [4.69, 9.17) is 20.8 Å². The van der Waals surface area contributed by atoms with Crippen LogP contribution in [0, 0.1) is 0 Å². The summed E-state index contributed by atoms with van der Waals surface area (Å²) in [5.41, 5.74) is 0.845. The van der Waals surface area contributed by atoms with Crippen LogP contribution in [0.3, 0.4) is 0 Å². The molecule has 1 heterocycles. The molecule has 1 N–H and O–H groups in total. The van der Waals surface area contributed by atoms with Crippen molar-refractivity contribution in [3.05, 3.63) is 35.3 Å². The lowest BCUT2D eigenvalue weighted by Gasteiger charge is -2.05. The molecule has 2 rings (SSSR count). The van der Waals surface area contributed by atoms with Gasteiger partial charge >= 0.3 is 0 Å². The Bertz CT molecular complexity index is 525. The number of oxazole rings is 1. The second-order valence-electron chi connectivity index (χ2n) is 3.74. The van der Waals surface area contributed by atoms with Crippen LogP contribution in [-0.4, -0.2) is 18.6 Å². The molecule has 0 fully saturated rings. The third kappa shape index (κ3) is 2.83. The molecule has 0 bridgehead atoms. The minimum Gasteiger partial charge on any atom is -0.496 e. The topological polar surface area (TPSA) is 47.3 Å². The van der Waals surface area contributed by atoms with Gasteiger partial charge in [-0.2, -0.15) is 0 Å². The number of halogens is 1. The molecule has 4 nitrogen and oxygen atoms in total. The predicted octanol–water partition coefficient (Wildman–Crippen LogP) is 3.11. The molecule has 96 valence electrons. The molecule has 0 amide bonds. The lowest BCUT2D eigenvalue weighted by Crippen LogP contribution is -2.11. The van der Waals surface area contributed by atoms with Crippen molar-refractivity contribution >= 4 is 11.6 Å². The molecular formula is C13H15ClN2O2. The number of aromatic nitrogens is 1. The van der Waals surface area contributed by atoms with E-state index in [1.54, 1.807) is 25.4 Å². The monoisotopic (exact) mass is 266 g/mol. The number of hydrogen-bond donors (Lipinski definition) is 1. The Morgan fingerprint density at radius 3 is 3.00 bits per heavy atom. The van der Waals surface area contributed by atoms with Crippen molar-refractivity contribution in [1.82, 2.24) is 10.3 Å². The van der Waals surface area contributed by atoms with Gasteiger partial charge in [0.1, 0.15) is 5.75 Å². The Morgan fingerprint density at radius 2 is 2.28 bits per heavy atom.